The van der Waals surface area contributed by atoms with Gasteiger partial charge in [-0.3, -0.25) is 0 Å². The van der Waals surface area contributed by atoms with Crippen LogP contribution < -0.4 is 10.5 Å². The lowest BCUT2D eigenvalue weighted by Gasteiger charge is -2.35. The Labute approximate surface area is 130 Å². The molecule has 3 rings (SSSR count). The van der Waals surface area contributed by atoms with E-state index in [2.05, 4.69) is 32.2 Å². The summed E-state index contributed by atoms with van der Waals surface area (Å²) in [5, 5.41) is 3.27. The summed E-state index contributed by atoms with van der Waals surface area (Å²) in [5.74, 6) is 0.916. The van der Waals surface area contributed by atoms with Crippen LogP contribution in [0.15, 0.2) is 29.6 Å². The van der Waals surface area contributed by atoms with Gasteiger partial charge < -0.3 is 10.5 Å². The third kappa shape index (κ3) is 2.83. The molecule has 1 aromatic carbocycles. The van der Waals surface area contributed by atoms with Crippen LogP contribution in [0.25, 0.3) is 0 Å². The van der Waals surface area contributed by atoms with E-state index in [1.54, 1.807) is 11.3 Å². The Balaban J connectivity index is 1.90. The van der Waals surface area contributed by atoms with E-state index in [1.165, 1.54) is 0 Å². The Bertz CT molecular complexity index is 644. The average molecular weight is 302 g/mol. The van der Waals surface area contributed by atoms with Crippen LogP contribution in [0.1, 0.15) is 43.5 Å². The first-order valence-corrected chi connectivity index (χ1v) is 8.22. The highest BCUT2D eigenvalue weighted by atomic mass is 32.1. The second-order valence-electron chi connectivity index (χ2n) is 6.80. The fraction of sp³-hybridized carbons (Fsp3) is 0.471. The van der Waals surface area contributed by atoms with Gasteiger partial charge >= 0.3 is 0 Å². The number of para-hydroxylation sites is 1. The fourth-order valence-corrected chi connectivity index (χ4v) is 3.82. The summed E-state index contributed by atoms with van der Waals surface area (Å²) in [4.78, 5) is 4.79. The molecule has 0 spiro atoms. The van der Waals surface area contributed by atoms with E-state index in [-0.39, 0.29) is 11.0 Å². The van der Waals surface area contributed by atoms with Gasteiger partial charge in [-0.05, 0) is 6.07 Å². The molecule has 0 saturated heterocycles. The lowest BCUT2D eigenvalue weighted by atomic mass is 9.83. The summed E-state index contributed by atoms with van der Waals surface area (Å²) in [6.45, 7) is 7.24. The number of benzene rings is 1. The zero-order valence-corrected chi connectivity index (χ0v) is 13.7. The van der Waals surface area contributed by atoms with Crippen LogP contribution in [0.4, 0.5) is 0 Å². The van der Waals surface area contributed by atoms with Crippen molar-refractivity contribution in [3.8, 4) is 5.75 Å². The normalized spacial score (nSPS) is 21.7. The first-order valence-electron chi connectivity index (χ1n) is 7.35. The van der Waals surface area contributed by atoms with Gasteiger partial charge in [0.1, 0.15) is 5.75 Å². The first kappa shape index (κ1) is 14.5. The highest BCUT2D eigenvalue weighted by Gasteiger charge is 2.35. The van der Waals surface area contributed by atoms with Crippen molar-refractivity contribution in [3.05, 3.63) is 45.9 Å². The number of fused-ring (bicyclic) bond motifs is 1. The molecule has 2 N–H and O–H groups in total. The standard InChI is InChI=1S/C17H22N2OS/c1-16(2,3)14-11-21-15(19-14)10-17(18)8-9-20-13-7-5-4-6-12(13)17/h4-7,11H,8-10,18H2,1-3H3. The molecule has 1 aliphatic rings. The average Bonchev–Trinajstić information content (AvgIpc) is 2.87. The smallest absolute Gasteiger partial charge is 0.124 e. The maximum Gasteiger partial charge on any atom is 0.124 e. The van der Waals surface area contributed by atoms with Crippen LogP contribution in [0.5, 0.6) is 5.75 Å². The molecule has 0 aliphatic carbocycles. The predicted molar refractivity (Wildman–Crippen MR) is 86.9 cm³/mol. The topological polar surface area (TPSA) is 48.1 Å². The Kier molecular flexibility index (Phi) is 3.54. The van der Waals surface area contributed by atoms with Crippen LogP contribution in [-0.2, 0) is 17.4 Å². The summed E-state index contributed by atoms with van der Waals surface area (Å²) >= 11 is 1.71. The van der Waals surface area contributed by atoms with Crippen LogP contribution >= 0.6 is 11.3 Å². The molecule has 21 heavy (non-hydrogen) atoms. The second kappa shape index (κ2) is 5.11. The molecule has 2 heterocycles. The summed E-state index contributed by atoms with van der Waals surface area (Å²) < 4.78 is 5.72. The van der Waals surface area contributed by atoms with Crippen LogP contribution in [0.2, 0.25) is 0 Å². The zero-order valence-electron chi connectivity index (χ0n) is 12.8. The van der Waals surface area contributed by atoms with Gasteiger partial charge in [0.25, 0.3) is 0 Å². The molecule has 4 heteroatoms. The maximum atomic E-state index is 6.71. The third-order valence-corrected chi connectivity index (χ3v) is 4.86. The second-order valence-corrected chi connectivity index (χ2v) is 7.75. The number of aromatic nitrogens is 1. The van der Waals surface area contributed by atoms with E-state index >= 15 is 0 Å². The predicted octanol–water partition coefficient (Wildman–Crippen LogP) is 3.62. The van der Waals surface area contributed by atoms with Crippen molar-refractivity contribution in [2.75, 3.05) is 6.61 Å². The first-order chi connectivity index (χ1) is 9.88. The van der Waals surface area contributed by atoms with Crippen LogP contribution in [0, 0.1) is 0 Å². The summed E-state index contributed by atoms with van der Waals surface area (Å²) in [7, 11) is 0. The molecule has 1 aliphatic heterocycles. The van der Waals surface area contributed by atoms with E-state index < -0.39 is 0 Å². The van der Waals surface area contributed by atoms with E-state index in [0.717, 1.165) is 34.9 Å². The van der Waals surface area contributed by atoms with Crippen LogP contribution in [0.3, 0.4) is 0 Å². The minimum absolute atomic E-state index is 0.0874. The van der Waals surface area contributed by atoms with Gasteiger partial charge in [0.15, 0.2) is 0 Å². The number of nitrogens with two attached hydrogens (primary N) is 1. The van der Waals surface area contributed by atoms with Gasteiger partial charge in [-0.25, -0.2) is 4.98 Å². The Morgan fingerprint density at radius 2 is 2.10 bits per heavy atom. The SMILES string of the molecule is CC(C)(C)c1csc(CC2(N)CCOc3ccccc32)n1. The van der Waals surface area contributed by atoms with E-state index in [1.807, 2.05) is 18.2 Å². The molecule has 1 atom stereocenters. The van der Waals surface area contributed by atoms with Crippen molar-refractivity contribution in [2.24, 2.45) is 5.73 Å². The number of hydrogen-bond donors (Lipinski definition) is 1. The van der Waals surface area contributed by atoms with Crippen molar-refractivity contribution < 1.29 is 4.74 Å². The minimum atomic E-state index is -0.373. The van der Waals surface area contributed by atoms with E-state index in [4.69, 9.17) is 15.5 Å². The molecule has 1 aromatic heterocycles. The van der Waals surface area contributed by atoms with Crippen molar-refractivity contribution in [3.63, 3.8) is 0 Å². The molecule has 0 bridgehead atoms. The number of rotatable bonds is 2. The van der Waals surface area contributed by atoms with Crippen molar-refractivity contribution in [1.82, 2.24) is 4.98 Å². The highest BCUT2D eigenvalue weighted by Crippen LogP contribution is 2.38. The van der Waals surface area contributed by atoms with Crippen molar-refractivity contribution in [1.29, 1.82) is 0 Å². The molecule has 0 amide bonds. The maximum absolute atomic E-state index is 6.71. The van der Waals surface area contributed by atoms with Gasteiger partial charge in [-0.1, -0.05) is 39.0 Å². The van der Waals surface area contributed by atoms with Crippen molar-refractivity contribution in [2.45, 2.75) is 44.6 Å². The minimum Gasteiger partial charge on any atom is -0.493 e. The fourth-order valence-electron chi connectivity index (χ4n) is 2.67. The molecule has 0 saturated carbocycles. The zero-order chi connectivity index (χ0) is 15.1. The van der Waals surface area contributed by atoms with E-state index in [0.29, 0.717) is 6.61 Å². The molecule has 3 nitrogen and oxygen atoms in total. The molecular weight excluding hydrogens is 280 g/mol. The summed E-state index contributed by atoms with van der Waals surface area (Å²) in [6, 6.07) is 8.09. The Hall–Kier alpha value is -1.39. The Morgan fingerprint density at radius 1 is 1.33 bits per heavy atom. The monoisotopic (exact) mass is 302 g/mol. The van der Waals surface area contributed by atoms with E-state index in [9.17, 15) is 0 Å². The number of nitrogens with zero attached hydrogens (tertiary/aromatic N) is 1. The number of ether oxygens (including phenoxy) is 1. The quantitative estimate of drug-likeness (QED) is 0.921. The molecule has 0 fully saturated rings. The van der Waals surface area contributed by atoms with Gasteiger partial charge in [-0.2, -0.15) is 0 Å². The van der Waals surface area contributed by atoms with Crippen LogP contribution in [-0.4, -0.2) is 11.6 Å². The molecule has 1 unspecified atom stereocenters. The number of thiazole rings is 1. The van der Waals surface area contributed by atoms with Gasteiger partial charge in [0.2, 0.25) is 0 Å². The Morgan fingerprint density at radius 3 is 2.81 bits per heavy atom. The molecule has 0 radical (unpaired) electrons. The molecule has 2 aromatic rings. The summed E-state index contributed by atoms with van der Waals surface area (Å²) in [5.41, 5.74) is 8.67. The lowest BCUT2D eigenvalue weighted by Crippen LogP contribution is -2.43. The van der Waals surface area contributed by atoms with Gasteiger partial charge in [0.05, 0.1) is 22.8 Å². The lowest BCUT2D eigenvalue weighted by molar-refractivity contribution is 0.215. The number of hydrogen-bond acceptors (Lipinski definition) is 4. The largest absolute Gasteiger partial charge is 0.493 e. The van der Waals surface area contributed by atoms with Gasteiger partial charge in [-0.15, -0.1) is 11.3 Å². The molecular formula is C17H22N2OS. The van der Waals surface area contributed by atoms with Gasteiger partial charge in [0, 0.05) is 29.2 Å². The summed E-state index contributed by atoms with van der Waals surface area (Å²) in [6.07, 6.45) is 1.60. The van der Waals surface area contributed by atoms with Crippen molar-refractivity contribution >= 4 is 11.3 Å². The third-order valence-electron chi connectivity index (χ3n) is 4.02. The molecule has 112 valence electrons. The highest BCUT2D eigenvalue weighted by molar-refractivity contribution is 7.09.